The summed E-state index contributed by atoms with van der Waals surface area (Å²) < 4.78 is 68.2. The van der Waals surface area contributed by atoms with Gasteiger partial charge in [-0.15, -0.1) is 0 Å². The van der Waals surface area contributed by atoms with Gasteiger partial charge in [-0.25, -0.2) is 9.13 Å². The first kappa shape index (κ1) is 90.1. The largest absolute Gasteiger partial charge is 0.472 e. The van der Waals surface area contributed by atoms with Gasteiger partial charge in [0.15, 0.2) is 12.2 Å². The molecule has 17 nitrogen and oxygen atoms in total. The van der Waals surface area contributed by atoms with Crippen LogP contribution in [0.3, 0.4) is 0 Å². The van der Waals surface area contributed by atoms with E-state index in [-0.39, 0.29) is 25.7 Å². The Hall–Kier alpha value is -1.94. The van der Waals surface area contributed by atoms with Crippen LogP contribution >= 0.6 is 15.6 Å². The van der Waals surface area contributed by atoms with Crippen LogP contribution in [0.2, 0.25) is 0 Å². The third kappa shape index (κ3) is 65.4. The summed E-state index contributed by atoms with van der Waals surface area (Å²) in [5, 5.41) is 10.6. The van der Waals surface area contributed by atoms with Crippen LogP contribution in [0, 0.1) is 11.8 Å². The van der Waals surface area contributed by atoms with Crippen LogP contribution in [-0.2, 0) is 65.4 Å². The van der Waals surface area contributed by atoms with Crippen molar-refractivity contribution in [2.45, 2.75) is 394 Å². The van der Waals surface area contributed by atoms with E-state index in [1.807, 2.05) is 0 Å². The Morgan fingerprint density at radius 1 is 0.315 bits per heavy atom. The number of hydrogen-bond donors (Lipinski definition) is 3. The fourth-order valence-corrected chi connectivity index (χ4v) is 12.7. The SMILES string of the molecule is CCCCCCCCCCCCCCCCC(=O)OC[C@H](COP(=O)(O)OC[C@@H](O)COP(=O)(O)OC[C@@H](COC(=O)CCCCCCCCC)OC(=O)CCCCCCCCC(C)C)OC(=O)CCCCCCCCCCCCCCCCCCCCC(C)CC. The zero-order valence-electron chi connectivity index (χ0n) is 59.9. The molecular formula is C73H142O17P2. The summed E-state index contributed by atoms with van der Waals surface area (Å²) in [4.78, 5) is 72.4. The molecule has 0 rings (SSSR count). The summed E-state index contributed by atoms with van der Waals surface area (Å²) in [6.07, 6.45) is 51.7. The molecule has 0 saturated heterocycles. The maximum absolute atomic E-state index is 13.1. The lowest BCUT2D eigenvalue weighted by molar-refractivity contribution is -0.161. The Bertz CT molecular complexity index is 1790. The Labute approximate surface area is 562 Å². The normalized spacial score (nSPS) is 14.4. The second kappa shape index (κ2) is 65.0. The quantitative estimate of drug-likeness (QED) is 0.0222. The molecule has 19 heteroatoms. The number of phosphoric ester groups is 2. The average molecular weight is 1350 g/mol. The summed E-state index contributed by atoms with van der Waals surface area (Å²) in [6.45, 7) is 9.50. The number of unbranched alkanes of at least 4 members (excludes halogenated alkanes) is 41. The smallest absolute Gasteiger partial charge is 0.462 e. The number of rotatable bonds is 72. The highest BCUT2D eigenvalue weighted by atomic mass is 31.2. The van der Waals surface area contributed by atoms with E-state index in [1.165, 1.54) is 180 Å². The van der Waals surface area contributed by atoms with Crippen molar-refractivity contribution in [1.82, 2.24) is 0 Å². The first-order chi connectivity index (χ1) is 44.4. The molecule has 0 aromatic heterocycles. The number of carbonyl (C=O) groups excluding carboxylic acids is 4. The number of carbonyl (C=O) groups is 4. The average Bonchev–Trinajstić information content (AvgIpc) is 1.90. The van der Waals surface area contributed by atoms with E-state index >= 15 is 0 Å². The zero-order valence-corrected chi connectivity index (χ0v) is 61.6. The van der Waals surface area contributed by atoms with Crippen molar-refractivity contribution in [3.63, 3.8) is 0 Å². The number of aliphatic hydroxyl groups is 1. The van der Waals surface area contributed by atoms with Crippen molar-refractivity contribution in [2.24, 2.45) is 11.8 Å². The second-order valence-corrected chi connectivity index (χ2v) is 30.0. The fourth-order valence-electron chi connectivity index (χ4n) is 11.1. The van der Waals surface area contributed by atoms with E-state index in [9.17, 15) is 43.2 Å². The maximum Gasteiger partial charge on any atom is 0.472 e. The molecule has 0 fully saturated rings. The van der Waals surface area contributed by atoms with Crippen molar-refractivity contribution in [3.05, 3.63) is 0 Å². The third-order valence-corrected chi connectivity index (χ3v) is 19.2. The summed E-state index contributed by atoms with van der Waals surface area (Å²) in [5.41, 5.74) is 0. The molecule has 92 heavy (non-hydrogen) atoms. The van der Waals surface area contributed by atoms with Gasteiger partial charge < -0.3 is 33.8 Å². The summed E-state index contributed by atoms with van der Waals surface area (Å²) >= 11 is 0. The lowest BCUT2D eigenvalue weighted by atomic mass is 9.99. The van der Waals surface area contributed by atoms with Crippen LogP contribution in [0.5, 0.6) is 0 Å². The van der Waals surface area contributed by atoms with Crippen LogP contribution in [0.15, 0.2) is 0 Å². The number of aliphatic hydroxyl groups excluding tert-OH is 1. The molecule has 0 heterocycles. The van der Waals surface area contributed by atoms with E-state index in [2.05, 4.69) is 41.5 Å². The predicted octanol–water partition coefficient (Wildman–Crippen LogP) is 21.2. The maximum atomic E-state index is 13.1. The lowest BCUT2D eigenvalue weighted by Crippen LogP contribution is -2.30. The molecule has 3 unspecified atom stereocenters. The van der Waals surface area contributed by atoms with Gasteiger partial charge in [-0.2, -0.15) is 0 Å². The van der Waals surface area contributed by atoms with Gasteiger partial charge >= 0.3 is 39.5 Å². The molecule has 0 radical (unpaired) electrons. The molecule has 6 atom stereocenters. The van der Waals surface area contributed by atoms with Gasteiger partial charge in [0, 0.05) is 25.7 Å². The molecule has 0 aromatic carbocycles. The Morgan fingerprint density at radius 2 is 0.554 bits per heavy atom. The first-order valence-electron chi connectivity index (χ1n) is 38.0. The van der Waals surface area contributed by atoms with E-state index in [0.29, 0.717) is 31.6 Å². The minimum Gasteiger partial charge on any atom is -0.462 e. The van der Waals surface area contributed by atoms with E-state index in [1.54, 1.807) is 0 Å². The molecule has 0 aliphatic rings. The van der Waals surface area contributed by atoms with E-state index < -0.39 is 97.5 Å². The standard InChI is InChI=1S/C73H142O17P2/c1-7-10-12-14-16-17-18-19-27-30-33-37-44-50-56-71(76)84-62-68(89-72(77)57-51-45-38-34-31-28-25-23-21-20-22-24-26-29-32-36-42-48-54-66(6)9-3)63-87-91(79,80)85-59-67(74)60-86-92(81,82)88-64-69(61-83-70(75)55-49-43-35-15-13-11-8-2)90-73(78)58-52-46-40-39-41-47-53-65(4)5/h65-69,74H,7-64H2,1-6H3,(H,79,80)(H,81,82)/t66?,67-,68-,69-/m1/s1. The second-order valence-electron chi connectivity index (χ2n) is 27.1. The van der Waals surface area contributed by atoms with Gasteiger partial charge in [-0.3, -0.25) is 37.3 Å². The molecule has 3 N–H and O–H groups in total. The Kier molecular flexibility index (Phi) is 63.7. The highest BCUT2D eigenvalue weighted by molar-refractivity contribution is 7.47. The van der Waals surface area contributed by atoms with Gasteiger partial charge in [-0.05, 0) is 37.5 Å². The fraction of sp³-hybridized carbons (Fsp3) is 0.945. The van der Waals surface area contributed by atoms with Crippen molar-refractivity contribution in [1.29, 1.82) is 0 Å². The minimum absolute atomic E-state index is 0.102. The van der Waals surface area contributed by atoms with Crippen LogP contribution in [0.4, 0.5) is 0 Å². The van der Waals surface area contributed by atoms with E-state index in [4.69, 9.17) is 37.0 Å². The topological polar surface area (TPSA) is 237 Å². The van der Waals surface area contributed by atoms with Crippen molar-refractivity contribution in [2.75, 3.05) is 39.6 Å². The third-order valence-electron chi connectivity index (χ3n) is 17.3. The first-order valence-corrected chi connectivity index (χ1v) is 41.0. The molecule has 0 bridgehead atoms. The summed E-state index contributed by atoms with van der Waals surface area (Å²) in [6, 6.07) is 0. The predicted molar refractivity (Wildman–Crippen MR) is 372 cm³/mol. The van der Waals surface area contributed by atoms with Crippen LogP contribution in [0.25, 0.3) is 0 Å². The molecule has 0 aromatic rings. The van der Waals surface area contributed by atoms with Gasteiger partial charge in [-0.1, -0.05) is 324 Å². The monoisotopic (exact) mass is 1350 g/mol. The molecule has 546 valence electrons. The van der Waals surface area contributed by atoms with Crippen molar-refractivity contribution in [3.8, 4) is 0 Å². The highest BCUT2D eigenvalue weighted by Crippen LogP contribution is 2.45. The van der Waals surface area contributed by atoms with Crippen LogP contribution < -0.4 is 0 Å². The summed E-state index contributed by atoms with van der Waals surface area (Å²) in [7, 11) is -9.90. The molecule has 0 amide bonds. The summed E-state index contributed by atoms with van der Waals surface area (Å²) in [5.74, 6) is -0.588. The lowest BCUT2D eigenvalue weighted by Gasteiger charge is -2.21. The number of ether oxygens (including phenoxy) is 4. The van der Waals surface area contributed by atoms with E-state index in [0.717, 1.165) is 109 Å². The zero-order chi connectivity index (χ0) is 67.9. The Balaban J connectivity index is 5.13. The van der Waals surface area contributed by atoms with Gasteiger partial charge in [0.25, 0.3) is 0 Å². The number of esters is 4. The highest BCUT2D eigenvalue weighted by Gasteiger charge is 2.30. The molecule has 0 aliphatic heterocycles. The minimum atomic E-state index is -4.95. The molecule has 0 saturated carbocycles. The molecular weight excluding hydrogens is 1210 g/mol. The van der Waals surface area contributed by atoms with Gasteiger partial charge in [0.05, 0.1) is 26.4 Å². The number of phosphoric acid groups is 2. The number of hydrogen-bond acceptors (Lipinski definition) is 15. The molecule has 0 spiro atoms. The van der Waals surface area contributed by atoms with Gasteiger partial charge in [0.2, 0.25) is 0 Å². The Morgan fingerprint density at radius 3 is 0.826 bits per heavy atom. The van der Waals surface area contributed by atoms with Crippen LogP contribution in [0.1, 0.15) is 375 Å². The van der Waals surface area contributed by atoms with Gasteiger partial charge in [0.1, 0.15) is 19.3 Å². The van der Waals surface area contributed by atoms with Crippen molar-refractivity contribution < 1.29 is 80.2 Å². The molecule has 0 aliphatic carbocycles. The van der Waals surface area contributed by atoms with Crippen molar-refractivity contribution >= 4 is 39.5 Å². The van der Waals surface area contributed by atoms with Crippen LogP contribution in [-0.4, -0.2) is 96.7 Å².